The van der Waals surface area contributed by atoms with E-state index in [1.165, 1.54) is 5.56 Å². The van der Waals surface area contributed by atoms with E-state index in [0.29, 0.717) is 19.1 Å². The fourth-order valence-corrected chi connectivity index (χ4v) is 2.63. The second-order valence-electron chi connectivity index (χ2n) is 5.47. The van der Waals surface area contributed by atoms with E-state index < -0.39 is 0 Å². The number of ether oxygens (including phenoxy) is 2. The molecule has 1 aromatic carbocycles. The molecule has 2 aliphatic rings. The van der Waals surface area contributed by atoms with Crippen LogP contribution in [0.5, 0.6) is 11.5 Å². The SMILES string of the molecule is CC(C)c1cc2c(cc1C1(N=C=O)CC1)OCCO2. The molecule has 1 saturated carbocycles. The number of fused-ring (bicyclic) bond motifs is 1. The summed E-state index contributed by atoms with van der Waals surface area (Å²) in [5, 5.41) is 0. The van der Waals surface area contributed by atoms with Crippen LogP contribution in [0.25, 0.3) is 0 Å². The summed E-state index contributed by atoms with van der Waals surface area (Å²) in [5.74, 6) is 1.91. The topological polar surface area (TPSA) is 47.9 Å². The van der Waals surface area contributed by atoms with Gasteiger partial charge in [0.25, 0.3) is 0 Å². The van der Waals surface area contributed by atoms with Crippen molar-refractivity contribution in [3.05, 3.63) is 23.3 Å². The van der Waals surface area contributed by atoms with Crippen LogP contribution in [0.2, 0.25) is 0 Å². The van der Waals surface area contributed by atoms with Crippen molar-refractivity contribution in [2.45, 2.75) is 38.1 Å². The first-order chi connectivity index (χ1) is 9.16. The van der Waals surface area contributed by atoms with Crippen molar-refractivity contribution in [2.24, 2.45) is 4.99 Å². The van der Waals surface area contributed by atoms with Gasteiger partial charge in [0.05, 0.1) is 5.54 Å². The average Bonchev–Trinajstić information content (AvgIpc) is 3.18. The van der Waals surface area contributed by atoms with Crippen molar-refractivity contribution in [3.63, 3.8) is 0 Å². The molecular weight excluding hydrogens is 242 g/mol. The molecule has 0 amide bonds. The number of benzene rings is 1. The normalized spacial score (nSPS) is 18.9. The number of isocyanates is 1. The Kier molecular flexibility index (Phi) is 2.83. The van der Waals surface area contributed by atoms with Crippen LogP contribution in [0.1, 0.15) is 43.7 Å². The molecule has 3 rings (SSSR count). The van der Waals surface area contributed by atoms with Gasteiger partial charge in [-0.3, -0.25) is 0 Å². The monoisotopic (exact) mass is 259 g/mol. The average molecular weight is 259 g/mol. The number of nitrogens with zero attached hydrogens (tertiary/aromatic N) is 1. The van der Waals surface area contributed by atoms with Gasteiger partial charge in [0.2, 0.25) is 6.08 Å². The molecule has 0 aromatic heterocycles. The van der Waals surface area contributed by atoms with Crippen molar-refractivity contribution < 1.29 is 14.3 Å². The quantitative estimate of drug-likeness (QED) is 0.619. The molecule has 0 bridgehead atoms. The second-order valence-corrected chi connectivity index (χ2v) is 5.47. The van der Waals surface area contributed by atoms with Gasteiger partial charge in [0.15, 0.2) is 11.5 Å². The molecule has 0 spiro atoms. The summed E-state index contributed by atoms with van der Waals surface area (Å²) in [5.41, 5.74) is 1.91. The maximum atomic E-state index is 10.7. The van der Waals surface area contributed by atoms with Crippen LogP contribution in [0.15, 0.2) is 17.1 Å². The first kappa shape index (κ1) is 12.2. The molecule has 0 atom stereocenters. The van der Waals surface area contributed by atoms with E-state index >= 15 is 0 Å². The summed E-state index contributed by atoms with van der Waals surface area (Å²) in [6, 6.07) is 4.03. The molecular formula is C15H17NO3. The van der Waals surface area contributed by atoms with Gasteiger partial charge in [-0.15, -0.1) is 0 Å². The summed E-state index contributed by atoms with van der Waals surface area (Å²) in [7, 11) is 0. The van der Waals surface area contributed by atoms with E-state index in [1.807, 2.05) is 12.1 Å². The Bertz CT molecular complexity index is 555. The van der Waals surface area contributed by atoms with E-state index in [-0.39, 0.29) is 5.54 Å². The van der Waals surface area contributed by atoms with E-state index in [9.17, 15) is 4.79 Å². The molecule has 1 heterocycles. The Morgan fingerprint density at radius 2 is 1.84 bits per heavy atom. The van der Waals surface area contributed by atoms with Crippen molar-refractivity contribution in [1.29, 1.82) is 0 Å². The highest BCUT2D eigenvalue weighted by Crippen LogP contribution is 2.53. The minimum absolute atomic E-state index is 0.352. The summed E-state index contributed by atoms with van der Waals surface area (Å²) < 4.78 is 11.3. The summed E-state index contributed by atoms with van der Waals surface area (Å²) >= 11 is 0. The van der Waals surface area contributed by atoms with Gasteiger partial charge < -0.3 is 9.47 Å². The molecule has 1 aliphatic carbocycles. The Hall–Kier alpha value is -1.80. The van der Waals surface area contributed by atoms with Crippen LogP contribution in [0.4, 0.5) is 0 Å². The molecule has 4 heteroatoms. The Morgan fingerprint density at radius 3 is 2.37 bits per heavy atom. The third-order valence-corrected chi connectivity index (χ3v) is 3.82. The van der Waals surface area contributed by atoms with Crippen molar-refractivity contribution in [3.8, 4) is 11.5 Å². The van der Waals surface area contributed by atoms with Gasteiger partial charge in [-0.25, -0.2) is 4.79 Å². The molecule has 0 saturated heterocycles. The standard InChI is InChI=1S/C15H17NO3/c1-10(2)11-7-13-14(19-6-5-18-13)8-12(11)15(3-4-15)16-9-17/h7-8,10H,3-6H2,1-2H3. The third kappa shape index (κ3) is 2.02. The first-order valence-corrected chi connectivity index (χ1v) is 6.69. The van der Waals surface area contributed by atoms with Gasteiger partial charge in [0.1, 0.15) is 13.2 Å². The summed E-state index contributed by atoms with van der Waals surface area (Å²) in [4.78, 5) is 14.7. The van der Waals surface area contributed by atoms with Crippen LogP contribution < -0.4 is 9.47 Å². The van der Waals surface area contributed by atoms with Gasteiger partial charge in [-0.2, -0.15) is 4.99 Å². The number of hydrogen-bond acceptors (Lipinski definition) is 4. The van der Waals surface area contributed by atoms with Crippen LogP contribution in [0, 0.1) is 0 Å². The number of carbonyl (C=O) groups excluding carboxylic acids is 1. The maximum Gasteiger partial charge on any atom is 0.235 e. The fraction of sp³-hybridized carbons (Fsp3) is 0.533. The van der Waals surface area contributed by atoms with Crippen LogP contribution >= 0.6 is 0 Å². The van der Waals surface area contributed by atoms with Crippen LogP contribution in [-0.4, -0.2) is 19.3 Å². The highest BCUT2D eigenvalue weighted by molar-refractivity contribution is 5.54. The number of rotatable bonds is 3. The number of aliphatic imine (C=N–C) groups is 1. The molecule has 0 unspecified atom stereocenters. The minimum Gasteiger partial charge on any atom is -0.486 e. The lowest BCUT2D eigenvalue weighted by Crippen LogP contribution is -2.17. The van der Waals surface area contributed by atoms with Crippen molar-refractivity contribution in [2.75, 3.05) is 13.2 Å². The minimum atomic E-state index is -0.364. The molecule has 19 heavy (non-hydrogen) atoms. The zero-order valence-electron chi connectivity index (χ0n) is 11.2. The zero-order valence-corrected chi connectivity index (χ0v) is 11.2. The highest BCUT2D eigenvalue weighted by Gasteiger charge is 2.47. The molecule has 0 N–H and O–H groups in total. The van der Waals surface area contributed by atoms with Gasteiger partial charge >= 0.3 is 0 Å². The summed E-state index contributed by atoms with van der Waals surface area (Å²) in [6.07, 6.45) is 3.53. The second kappa shape index (κ2) is 4.39. The molecule has 100 valence electrons. The molecule has 1 aromatic rings. The van der Waals surface area contributed by atoms with Gasteiger partial charge in [0, 0.05) is 0 Å². The molecule has 1 fully saturated rings. The van der Waals surface area contributed by atoms with Crippen molar-refractivity contribution in [1.82, 2.24) is 0 Å². The van der Waals surface area contributed by atoms with E-state index in [4.69, 9.17) is 9.47 Å². The smallest absolute Gasteiger partial charge is 0.235 e. The van der Waals surface area contributed by atoms with E-state index in [0.717, 1.165) is 29.9 Å². The Morgan fingerprint density at radius 1 is 1.21 bits per heavy atom. The third-order valence-electron chi connectivity index (χ3n) is 3.82. The predicted octanol–water partition coefficient (Wildman–Crippen LogP) is 2.91. The highest BCUT2D eigenvalue weighted by atomic mass is 16.6. The molecule has 1 aliphatic heterocycles. The van der Waals surface area contributed by atoms with Crippen LogP contribution in [0.3, 0.4) is 0 Å². The largest absolute Gasteiger partial charge is 0.486 e. The molecule has 0 radical (unpaired) electrons. The van der Waals surface area contributed by atoms with Gasteiger partial charge in [-0.1, -0.05) is 13.8 Å². The predicted molar refractivity (Wildman–Crippen MR) is 70.6 cm³/mol. The maximum absolute atomic E-state index is 10.7. The first-order valence-electron chi connectivity index (χ1n) is 6.69. The Balaban J connectivity index is 2.14. The molecule has 4 nitrogen and oxygen atoms in total. The fourth-order valence-electron chi connectivity index (χ4n) is 2.63. The van der Waals surface area contributed by atoms with E-state index in [2.05, 4.69) is 18.8 Å². The Labute approximate surface area is 112 Å². The van der Waals surface area contributed by atoms with Crippen LogP contribution in [-0.2, 0) is 10.3 Å². The summed E-state index contributed by atoms with van der Waals surface area (Å²) in [6.45, 7) is 5.42. The van der Waals surface area contributed by atoms with E-state index in [1.54, 1.807) is 6.08 Å². The van der Waals surface area contributed by atoms with Crippen molar-refractivity contribution >= 4 is 6.08 Å². The lowest BCUT2D eigenvalue weighted by Gasteiger charge is -2.24. The lowest BCUT2D eigenvalue weighted by atomic mass is 9.90. The van der Waals surface area contributed by atoms with Gasteiger partial charge in [-0.05, 0) is 42.0 Å². The lowest BCUT2D eigenvalue weighted by molar-refractivity contribution is 0.171. The number of hydrogen-bond donors (Lipinski definition) is 0. The zero-order chi connectivity index (χ0) is 13.5.